The van der Waals surface area contributed by atoms with Crippen molar-refractivity contribution in [2.24, 2.45) is 11.8 Å². The monoisotopic (exact) mass is 314 g/mol. The van der Waals surface area contributed by atoms with Crippen LogP contribution in [-0.4, -0.2) is 12.2 Å². The Morgan fingerprint density at radius 3 is 2.89 bits per heavy atom. The Hall–Kier alpha value is -0.360. The minimum atomic E-state index is 0.138. The molecule has 2 fully saturated rings. The van der Waals surface area contributed by atoms with E-state index in [9.17, 15) is 0 Å². The summed E-state index contributed by atoms with van der Waals surface area (Å²) in [6, 6.07) is 2.12. The summed E-state index contributed by atoms with van der Waals surface area (Å²) in [4.78, 5) is 0. The molecular formula is C13H19BrN2O2. The molecule has 1 aliphatic heterocycles. The molecule has 0 bridgehead atoms. The summed E-state index contributed by atoms with van der Waals surface area (Å²) in [5, 5.41) is 0. The molecule has 3 N–H and O–H groups in total. The second-order valence-corrected chi connectivity index (χ2v) is 6.15. The fourth-order valence-electron chi connectivity index (χ4n) is 3.28. The summed E-state index contributed by atoms with van der Waals surface area (Å²) in [7, 11) is 0. The molecule has 3 rings (SSSR count). The lowest BCUT2D eigenvalue weighted by molar-refractivity contribution is -0.147. The van der Waals surface area contributed by atoms with Gasteiger partial charge in [0.1, 0.15) is 0 Å². The number of rotatable bonds is 3. The van der Waals surface area contributed by atoms with E-state index in [0.29, 0.717) is 5.92 Å². The zero-order valence-electron chi connectivity index (χ0n) is 10.3. The maximum Gasteiger partial charge on any atom is 0.173 e. The van der Waals surface area contributed by atoms with Gasteiger partial charge in [-0.25, -0.2) is 0 Å². The summed E-state index contributed by atoms with van der Waals surface area (Å²) in [5.41, 5.74) is 4.21. The van der Waals surface area contributed by atoms with E-state index >= 15 is 0 Å². The number of hydrogen-bond acceptors (Lipinski definition) is 4. The highest BCUT2D eigenvalue weighted by molar-refractivity contribution is 9.10. The van der Waals surface area contributed by atoms with Gasteiger partial charge in [0.25, 0.3) is 0 Å². The normalized spacial score (nSPS) is 28.0. The molecule has 1 saturated carbocycles. The van der Waals surface area contributed by atoms with Gasteiger partial charge < -0.3 is 9.15 Å². The third-order valence-corrected chi connectivity index (χ3v) is 5.07. The Bertz CT molecular complexity index is 417. The smallest absolute Gasteiger partial charge is 0.173 e. The third kappa shape index (κ3) is 2.13. The molecule has 1 aliphatic carbocycles. The Kier molecular flexibility index (Phi) is 3.49. The van der Waals surface area contributed by atoms with E-state index in [1.54, 1.807) is 6.26 Å². The summed E-state index contributed by atoms with van der Waals surface area (Å²) in [6.45, 7) is 0.846. The van der Waals surface area contributed by atoms with Gasteiger partial charge in [-0.1, -0.05) is 0 Å². The van der Waals surface area contributed by atoms with Crippen LogP contribution in [0.5, 0.6) is 0 Å². The van der Waals surface area contributed by atoms with Crippen LogP contribution in [-0.2, 0) is 4.74 Å². The first-order valence-electron chi connectivity index (χ1n) is 6.57. The van der Waals surface area contributed by atoms with E-state index in [1.165, 1.54) is 19.3 Å². The highest BCUT2D eigenvalue weighted by atomic mass is 79.9. The molecule has 1 aromatic heterocycles. The number of hydrogen-bond donors (Lipinski definition) is 2. The maximum absolute atomic E-state index is 5.97. The maximum atomic E-state index is 5.97. The highest BCUT2D eigenvalue weighted by Crippen LogP contribution is 2.47. The first kappa shape index (κ1) is 12.7. The van der Waals surface area contributed by atoms with Crippen molar-refractivity contribution in [1.29, 1.82) is 0 Å². The number of nitrogens with two attached hydrogens (primary N) is 1. The Morgan fingerprint density at radius 2 is 2.33 bits per heavy atom. The molecule has 0 aromatic carbocycles. The van der Waals surface area contributed by atoms with Gasteiger partial charge in [0, 0.05) is 12.2 Å². The molecule has 18 heavy (non-hydrogen) atoms. The number of halogens is 1. The average molecular weight is 315 g/mol. The minimum Gasteiger partial charge on any atom is -0.457 e. The molecule has 2 aliphatic rings. The molecule has 2 unspecified atom stereocenters. The Labute approximate surface area is 115 Å². The van der Waals surface area contributed by atoms with Crippen molar-refractivity contribution in [3.8, 4) is 0 Å². The van der Waals surface area contributed by atoms with Gasteiger partial charge in [-0.3, -0.25) is 11.3 Å². The standard InChI is InChI=1S/C13H19BrN2O2/c14-12-10(3-6-17-12)11(16-15)9-2-7-18-13(8-9)4-1-5-13/h3,6,9,11,16H,1-2,4-5,7-8,15H2. The highest BCUT2D eigenvalue weighted by Gasteiger charge is 2.44. The van der Waals surface area contributed by atoms with Crippen LogP contribution in [0.15, 0.2) is 21.4 Å². The molecule has 1 aromatic rings. The Morgan fingerprint density at radius 1 is 1.50 bits per heavy atom. The van der Waals surface area contributed by atoms with Crippen molar-refractivity contribution in [2.75, 3.05) is 6.61 Å². The van der Waals surface area contributed by atoms with Gasteiger partial charge in [0.05, 0.1) is 17.9 Å². The van der Waals surface area contributed by atoms with E-state index in [0.717, 1.165) is 29.7 Å². The topological polar surface area (TPSA) is 60.4 Å². The molecule has 2 heterocycles. The van der Waals surface area contributed by atoms with Crippen molar-refractivity contribution in [1.82, 2.24) is 5.43 Å². The molecule has 1 spiro atoms. The van der Waals surface area contributed by atoms with Crippen LogP contribution in [0.1, 0.15) is 43.7 Å². The SMILES string of the molecule is NNC(c1ccoc1Br)C1CCOC2(CCC2)C1. The molecular weight excluding hydrogens is 296 g/mol. The van der Waals surface area contributed by atoms with Crippen LogP contribution in [0.2, 0.25) is 0 Å². The van der Waals surface area contributed by atoms with Gasteiger partial charge in [-0.05, 0) is 60.0 Å². The number of hydrazine groups is 1. The molecule has 2 atom stereocenters. The van der Waals surface area contributed by atoms with Gasteiger partial charge in [-0.2, -0.15) is 0 Å². The molecule has 0 radical (unpaired) electrons. The zero-order valence-corrected chi connectivity index (χ0v) is 11.9. The fourth-order valence-corrected chi connectivity index (χ4v) is 3.76. The van der Waals surface area contributed by atoms with Gasteiger partial charge in [0.2, 0.25) is 0 Å². The number of furan rings is 1. The van der Waals surface area contributed by atoms with Crippen LogP contribution in [0, 0.1) is 5.92 Å². The van der Waals surface area contributed by atoms with Crippen molar-refractivity contribution in [3.63, 3.8) is 0 Å². The molecule has 4 nitrogen and oxygen atoms in total. The second-order valence-electron chi connectivity index (χ2n) is 5.43. The summed E-state index contributed by atoms with van der Waals surface area (Å²) in [6.07, 6.45) is 7.54. The van der Waals surface area contributed by atoms with E-state index in [-0.39, 0.29) is 11.6 Å². The van der Waals surface area contributed by atoms with Crippen molar-refractivity contribution < 1.29 is 9.15 Å². The van der Waals surface area contributed by atoms with E-state index in [4.69, 9.17) is 15.0 Å². The predicted molar refractivity (Wildman–Crippen MR) is 71.7 cm³/mol. The lowest BCUT2D eigenvalue weighted by Gasteiger charge is -2.48. The quantitative estimate of drug-likeness (QED) is 0.665. The minimum absolute atomic E-state index is 0.138. The van der Waals surface area contributed by atoms with Crippen LogP contribution >= 0.6 is 15.9 Å². The van der Waals surface area contributed by atoms with Gasteiger partial charge in [0.15, 0.2) is 4.67 Å². The molecule has 0 amide bonds. The van der Waals surface area contributed by atoms with Gasteiger partial charge >= 0.3 is 0 Å². The van der Waals surface area contributed by atoms with Crippen LogP contribution in [0.25, 0.3) is 0 Å². The molecule has 100 valence electrons. The average Bonchev–Trinajstić information content (AvgIpc) is 2.75. The van der Waals surface area contributed by atoms with E-state index < -0.39 is 0 Å². The summed E-state index contributed by atoms with van der Waals surface area (Å²) in [5.74, 6) is 6.27. The first-order valence-corrected chi connectivity index (χ1v) is 7.36. The van der Waals surface area contributed by atoms with Crippen LogP contribution in [0.4, 0.5) is 0 Å². The number of ether oxygens (including phenoxy) is 1. The van der Waals surface area contributed by atoms with Crippen LogP contribution in [0.3, 0.4) is 0 Å². The Balaban J connectivity index is 1.77. The largest absolute Gasteiger partial charge is 0.457 e. The fraction of sp³-hybridized carbons (Fsp3) is 0.692. The first-order chi connectivity index (χ1) is 8.74. The van der Waals surface area contributed by atoms with Crippen molar-refractivity contribution in [3.05, 3.63) is 22.6 Å². The number of nitrogens with one attached hydrogen (secondary N) is 1. The van der Waals surface area contributed by atoms with Crippen molar-refractivity contribution in [2.45, 2.75) is 43.7 Å². The van der Waals surface area contributed by atoms with E-state index in [2.05, 4.69) is 21.4 Å². The second kappa shape index (κ2) is 4.96. The molecule has 5 heteroatoms. The van der Waals surface area contributed by atoms with Crippen LogP contribution < -0.4 is 11.3 Å². The third-order valence-electron chi connectivity index (χ3n) is 4.43. The lowest BCUT2D eigenvalue weighted by Crippen LogP contribution is -2.48. The summed E-state index contributed by atoms with van der Waals surface area (Å²) >= 11 is 3.44. The zero-order chi connectivity index (χ0) is 12.6. The van der Waals surface area contributed by atoms with Gasteiger partial charge in [-0.15, -0.1) is 0 Å². The molecule has 1 saturated heterocycles. The van der Waals surface area contributed by atoms with E-state index in [1.807, 2.05) is 6.07 Å². The predicted octanol–water partition coefficient (Wildman–Crippen LogP) is 2.90. The van der Waals surface area contributed by atoms with Crippen molar-refractivity contribution >= 4 is 15.9 Å². The lowest BCUT2D eigenvalue weighted by atomic mass is 9.70. The summed E-state index contributed by atoms with van der Waals surface area (Å²) < 4.78 is 12.1.